The van der Waals surface area contributed by atoms with Crippen molar-refractivity contribution in [3.05, 3.63) is 102 Å². The van der Waals surface area contributed by atoms with E-state index in [4.69, 9.17) is 23.3 Å². The van der Waals surface area contributed by atoms with Gasteiger partial charge in [-0.2, -0.15) is 0 Å². The Morgan fingerprint density at radius 1 is 0.750 bits per heavy atom. The van der Waals surface area contributed by atoms with Gasteiger partial charge in [-0.3, -0.25) is 0 Å². The van der Waals surface area contributed by atoms with Crippen LogP contribution in [0.15, 0.2) is 93.8 Å². The average Bonchev–Trinajstić information content (AvgIpc) is 3.58. The molecule has 8 heteroatoms. The third-order valence-electron chi connectivity index (χ3n) is 6.13. The van der Waals surface area contributed by atoms with Gasteiger partial charge in [0.25, 0.3) is 0 Å². The molecule has 0 bridgehead atoms. The first-order chi connectivity index (χ1) is 19.5. The highest BCUT2D eigenvalue weighted by atomic mass is 16.6. The minimum absolute atomic E-state index is 0.0648. The summed E-state index contributed by atoms with van der Waals surface area (Å²) in [5.41, 5.74) is 6.77. The Morgan fingerprint density at radius 3 is 1.95 bits per heavy atom. The third-order valence-corrected chi connectivity index (χ3v) is 6.13. The highest BCUT2D eigenvalue weighted by Crippen LogP contribution is 2.31. The number of pyridine rings is 1. The number of nitrogens with zero attached hydrogens (tertiary/aromatic N) is 3. The zero-order valence-corrected chi connectivity index (χ0v) is 22.0. The minimum Gasteiger partial charge on any atom is -0.490 e. The van der Waals surface area contributed by atoms with E-state index < -0.39 is 5.97 Å². The van der Waals surface area contributed by atoms with Gasteiger partial charge in [0.2, 0.25) is 11.8 Å². The molecule has 8 nitrogen and oxygen atoms in total. The van der Waals surface area contributed by atoms with E-state index in [0.717, 1.165) is 27.7 Å². The van der Waals surface area contributed by atoms with Gasteiger partial charge in [-0.15, -0.1) is 0 Å². The number of esters is 1. The van der Waals surface area contributed by atoms with Crippen LogP contribution in [0.2, 0.25) is 0 Å². The zero-order valence-electron chi connectivity index (χ0n) is 22.0. The molecule has 0 radical (unpaired) electrons. The number of hydrogen-bond donors (Lipinski definition) is 0. The van der Waals surface area contributed by atoms with Gasteiger partial charge >= 0.3 is 5.97 Å². The van der Waals surface area contributed by atoms with Gasteiger partial charge in [0.1, 0.15) is 41.4 Å². The predicted octanol–water partition coefficient (Wildman–Crippen LogP) is 6.95. The number of aromatic nitrogens is 3. The van der Waals surface area contributed by atoms with E-state index >= 15 is 0 Å². The summed E-state index contributed by atoms with van der Waals surface area (Å²) < 4.78 is 23.2. The molecule has 0 atom stereocenters. The summed E-state index contributed by atoms with van der Waals surface area (Å²) in [6, 6.07) is 24.6. The smallest absolute Gasteiger partial charge is 0.330 e. The lowest BCUT2D eigenvalue weighted by molar-refractivity contribution is -0.138. The molecular formula is C32H25N3O5. The Hall–Kier alpha value is -5.24. The van der Waals surface area contributed by atoms with E-state index in [1.165, 1.54) is 6.08 Å². The number of aryl methyl sites for hydroxylation is 2. The number of oxazole rings is 2. The third kappa shape index (κ3) is 5.61. The molecular weight excluding hydrogens is 506 g/mol. The summed E-state index contributed by atoms with van der Waals surface area (Å²) in [6.45, 7) is 4.19. The fourth-order valence-corrected chi connectivity index (χ4v) is 4.18. The molecule has 0 unspecified atom stereocenters. The van der Waals surface area contributed by atoms with E-state index in [1.807, 2.05) is 80.6 Å². The average molecular weight is 532 g/mol. The maximum atomic E-state index is 12.1. The Balaban J connectivity index is 1.24. The number of carbonyl (C=O) groups is 1. The second kappa shape index (κ2) is 10.9. The Bertz CT molecular complexity index is 1760. The lowest BCUT2D eigenvalue weighted by atomic mass is 10.2. The van der Waals surface area contributed by atoms with Crippen molar-refractivity contribution < 1.29 is 23.1 Å². The molecule has 0 saturated carbocycles. The molecule has 0 fully saturated rings. The first kappa shape index (κ1) is 25.1. The molecule has 0 amide bonds. The molecule has 40 heavy (non-hydrogen) atoms. The quantitative estimate of drug-likeness (QED) is 0.118. The number of benzene rings is 3. The predicted molar refractivity (Wildman–Crippen MR) is 152 cm³/mol. The fourth-order valence-electron chi connectivity index (χ4n) is 4.18. The Labute approximate surface area is 229 Å². The number of carbonyl (C=O) groups excluding carboxylic acids is 1. The van der Waals surface area contributed by atoms with E-state index in [-0.39, 0.29) is 13.2 Å². The molecule has 0 aliphatic carbocycles. The largest absolute Gasteiger partial charge is 0.490 e. The standard InChI is InChI=1S/C32H25N3O5/c1-20-8-11-28-24(16-20)34-31(39-28)26-18-23(37-14-15-38-30(36)13-10-22-6-4-3-5-7-22)19-27(33-26)32-35-25-17-21(2)9-12-29(25)40-32/h3-13,16-19H,14-15H2,1-2H3/b13-10+. The lowest BCUT2D eigenvalue weighted by Crippen LogP contribution is -2.10. The number of fused-ring (bicyclic) bond motifs is 2. The van der Waals surface area contributed by atoms with Crippen molar-refractivity contribution in [1.29, 1.82) is 0 Å². The first-order valence-electron chi connectivity index (χ1n) is 12.8. The van der Waals surface area contributed by atoms with Crippen molar-refractivity contribution in [2.75, 3.05) is 13.2 Å². The molecule has 0 saturated heterocycles. The molecule has 198 valence electrons. The van der Waals surface area contributed by atoms with Crippen LogP contribution < -0.4 is 4.74 Å². The summed E-state index contributed by atoms with van der Waals surface area (Å²) in [4.78, 5) is 26.1. The summed E-state index contributed by atoms with van der Waals surface area (Å²) in [7, 11) is 0. The normalized spacial score (nSPS) is 11.4. The van der Waals surface area contributed by atoms with Crippen LogP contribution >= 0.6 is 0 Å². The van der Waals surface area contributed by atoms with Crippen LogP contribution in [-0.4, -0.2) is 34.1 Å². The van der Waals surface area contributed by atoms with Crippen molar-refractivity contribution in [3.8, 4) is 28.9 Å². The van der Waals surface area contributed by atoms with Crippen molar-refractivity contribution in [3.63, 3.8) is 0 Å². The SMILES string of the molecule is Cc1ccc2oc(-c3cc(OCCOC(=O)/C=C/c4ccccc4)cc(-c4nc5cc(C)ccc5o4)n3)nc2c1. The van der Waals surface area contributed by atoms with Crippen LogP contribution in [0.5, 0.6) is 5.75 Å². The summed E-state index contributed by atoms with van der Waals surface area (Å²) in [6.07, 6.45) is 3.09. The van der Waals surface area contributed by atoms with Gasteiger partial charge in [-0.05, 0) is 60.9 Å². The summed E-state index contributed by atoms with van der Waals surface area (Å²) >= 11 is 0. The summed E-state index contributed by atoms with van der Waals surface area (Å²) in [5.74, 6) is 0.716. The van der Waals surface area contributed by atoms with Crippen LogP contribution in [-0.2, 0) is 9.53 Å². The van der Waals surface area contributed by atoms with E-state index in [1.54, 1.807) is 18.2 Å². The van der Waals surface area contributed by atoms with Gasteiger partial charge in [-0.1, -0.05) is 42.5 Å². The first-order valence-corrected chi connectivity index (χ1v) is 12.8. The highest BCUT2D eigenvalue weighted by Gasteiger charge is 2.17. The second-order valence-electron chi connectivity index (χ2n) is 9.31. The molecule has 3 aromatic heterocycles. The second-order valence-corrected chi connectivity index (χ2v) is 9.31. The van der Waals surface area contributed by atoms with Crippen LogP contribution in [0.4, 0.5) is 0 Å². The van der Waals surface area contributed by atoms with Crippen LogP contribution in [0, 0.1) is 13.8 Å². The van der Waals surface area contributed by atoms with Crippen molar-refractivity contribution in [2.24, 2.45) is 0 Å². The molecule has 6 rings (SSSR count). The molecule has 3 aromatic carbocycles. The maximum Gasteiger partial charge on any atom is 0.330 e. The zero-order chi connectivity index (χ0) is 27.5. The lowest BCUT2D eigenvalue weighted by Gasteiger charge is -2.08. The van der Waals surface area contributed by atoms with E-state index in [0.29, 0.717) is 40.1 Å². The molecule has 0 N–H and O–H groups in total. The number of ether oxygens (including phenoxy) is 2. The highest BCUT2D eigenvalue weighted by molar-refractivity contribution is 5.87. The van der Waals surface area contributed by atoms with Crippen LogP contribution in [0.3, 0.4) is 0 Å². The fraction of sp³-hybridized carbons (Fsp3) is 0.125. The van der Waals surface area contributed by atoms with Gasteiger partial charge in [-0.25, -0.2) is 19.7 Å². The maximum absolute atomic E-state index is 12.1. The van der Waals surface area contributed by atoms with Crippen molar-refractivity contribution >= 4 is 34.2 Å². The monoisotopic (exact) mass is 531 g/mol. The molecule has 0 aliphatic heterocycles. The minimum atomic E-state index is -0.452. The van der Waals surface area contributed by atoms with Gasteiger partial charge in [0.05, 0.1) is 0 Å². The van der Waals surface area contributed by atoms with E-state index in [9.17, 15) is 4.79 Å². The van der Waals surface area contributed by atoms with Crippen molar-refractivity contribution in [2.45, 2.75) is 13.8 Å². The van der Waals surface area contributed by atoms with Gasteiger partial charge in [0.15, 0.2) is 11.2 Å². The van der Waals surface area contributed by atoms with E-state index in [2.05, 4.69) is 9.97 Å². The van der Waals surface area contributed by atoms with Crippen LogP contribution in [0.25, 0.3) is 51.4 Å². The molecule has 0 aliphatic rings. The van der Waals surface area contributed by atoms with Crippen molar-refractivity contribution in [1.82, 2.24) is 15.0 Å². The topological polar surface area (TPSA) is 100 Å². The Morgan fingerprint density at radius 2 is 1.35 bits per heavy atom. The molecule has 3 heterocycles. The number of hydrogen-bond acceptors (Lipinski definition) is 8. The van der Waals surface area contributed by atoms with Gasteiger partial charge < -0.3 is 18.3 Å². The van der Waals surface area contributed by atoms with Crippen LogP contribution in [0.1, 0.15) is 16.7 Å². The molecule has 0 spiro atoms. The Kier molecular flexibility index (Phi) is 6.80. The van der Waals surface area contributed by atoms with Gasteiger partial charge in [0, 0.05) is 18.2 Å². The summed E-state index contributed by atoms with van der Waals surface area (Å²) in [5, 5.41) is 0. The molecule has 6 aromatic rings. The number of rotatable bonds is 8.